The standard InChI is InChI=1S/C22H31N9O3/c1-11(26-21(32)34-7)10-25-20-24-9-8-13(28-20)15-16(31-19(30-15)22(3,4)5)14-12(2)27-17(23)18(29-14)33-6/h8-9,11H,10H2,1-7H3,(H2,23,27)(H,26,32)(H,30,31)(H,24,25,28)/t11-/m0/s1. The van der Waals surface area contributed by atoms with Crippen LogP contribution in [0.25, 0.3) is 22.8 Å². The number of aromatic amines is 1. The lowest BCUT2D eigenvalue weighted by atomic mass is 9.96. The molecule has 0 bridgehead atoms. The van der Waals surface area contributed by atoms with E-state index in [-0.39, 0.29) is 23.2 Å². The Hall–Kier alpha value is -3.96. The van der Waals surface area contributed by atoms with E-state index in [1.54, 1.807) is 12.3 Å². The van der Waals surface area contributed by atoms with Gasteiger partial charge >= 0.3 is 6.09 Å². The Bertz CT molecular complexity index is 1170. The average Bonchev–Trinajstić information content (AvgIpc) is 3.24. The topological polar surface area (TPSA) is 166 Å². The smallest absolute Gasteiger partial charge is 0.407 e. The zero-order valence-electron chi connectivity index (χ0n) is 20.5. The lowest BCUT2D eigenvalue weighted by Crippen LogP contribution is -2.37. The molecule has 1 atom stereocenters. The van der Waals surface area contributed by atoms with Crippen molar-refractivity contribution < 1.29 is 14.3 Å². The van der Waals surface area contributed by atoms with Crippen molar-refractivity contribution in [3.8, 4) is 28.7 Å². The van der Waals surface area contributed by atoms with Crippen molar-refractivity contribution in [3.63, 3.8) is 0 Å². The Balaban J connectivity index is 2.01. The third kappa shape index (κ3) is 5.50. The number of carbonyl (C=O) groups excluding carboxylic acids is 1. The van der Waals surface area contributed by atoms with E-state index in [0.29, 0.717) is 41.0 Å². The van der Waals surface area contributed by atoms with Crippen molar-refractivity contribution in [3.05, 3.63) is 23.8 Å². The zero-order valence-corrected chi connectivity index (χ0v) is 20.5. The summed E-state index contributed by atoms with van der Waals surface area (Å²) in [4.78, 5) is 37.5. The third-order valence-corrected chi connectivity index (χ3v) is 4.92. The number of methoxy groups -OCH3 is 2. The maximum atomic E-state index is 11.4. The van der Waals surface area contributed by atoms with Crippen LogP contribution in [0, 0.1) is 6.92 Å². The first-order chi connectivity index (χ1) is 16.0. The maximum absolute atomic E-state index is 11.4. The molecular weight excluding hydrogens is 438 g/mol. The molecule has 3 aromatic heterocycles. The Labute approximate surface area is 198 Å². The number of anilines is 2. The van der Waals surface area contributed by atoms with Crippen LogP contribution in [-0.2, 0) is 10.2 Å². The van der Waals surface area contributed by atoms with E-state index in [9.17, 15) is 4.79 Å². The third-order valence-electron chi connectivity index (χ3n) is 4.92. The molecule has 5 N–H and O–H groups in total. The molecule has 0 saturated carbocycles. The van der Waals surface area contributed by atoms with Gasteiger partial charge in [-0.1, -0.05) is 20.8 Å². The van der Waals surface area contributed by atoms with Crippen molar-refractivity contribution in [1.82, 2.24) is 35.2 Å². The molecule has 0 radical (unpaired) electrons. The zero-order chi connectivity index (χ0) is 25.0. The van der Waals surface area contributed by atoms with Crippen LogP contribution < -0.4 is 21.1 Å². The first kappa shape index (κ1) is 24.7. The fourth-order valence-corrected chi connectivity index (χ4v) is 3.12. The van der Waals surface area contributed by atoms with E-state index >= 15 is 0 Å². The maximum Gasteiger partial charge on any atom is 0.407 e. The first-order valence-corrected chi connectivity index (χ1v) is 10.7. The highest BCUT2D eigenvalue weighted by Crippen LogP contribution is 2.34. The molecule has 0 aliphatic heterocycles. The highest BCUT2D eigenvalue weighted by atomic mass is 16.5. The van der Waals surface area contributed by atoms with Crippen molar-refractivity contribution in [2.24, 2.45) is 0 Å². The number of nitrogen functional groups attached to an aromatic ring is 1. The number of ether oxygens (including phenoxy) is 2. The molecule has 0 fully saturated rings. The van der Waals surface area contributed by atoms with Crippen LogP contribution >= 0.6 is 0 Å². The van der Waals surface area contributed by atoms with Crippen LogP contribution in [0.2, 0.25) is 0 Å². The fourth-order valence-electron chi connectivity index (χ4n) is 3.12. The molecule has 1 amide bonds. The summed E-state index contributed by atoms with van der Waals surface area (Å²) in [5.74, 6) is 1.60. The van der Waals surface area contributed by atoms with Gasteiger partial charge in [0.2, 0.25) is 5.95 Å². The normalized spacial score (nSPS) is 12.2. The van der Waals surface area contributed by atoms with Crippen LogP contribution in [0.15, 0.2) is 12.3 Å². The molecule has 0 unspecified atom stereocenters. The summed E-state index contributed by atoms with van der Waals surface area (Å²) in [5.41, 5.74) is 8.70. The molecule has 0 aliphatic carbocycles. The van der Waals surface area contributed by atoms with Gasteiger partial charge < -0.3 is 30.8 Å². The predicted octanol–water partition coefficient (Wildman–Crippen LogP) is 2.68. The van der Waals surface area contributed by atoms with Crippen molar-refractivity contribution in [2.45, 2.75) is 46.1 Å². The van der Waals surface area contributed by atoms with Gasteiger partial charge in [-0.2, -0.15) is 0 Å². The monoisotopic (exact) mass is 469 g/mol. The summed E-state index contributed by atoms with van der Waals surface area (Å²) in [6.07, 6.45) is 1.13. The number of rotatable bonds is 7. The number of hydrogen-bond acceptors (Lipinski definition) is 10. The van der Waals surface area contributed by atoms with Gasteiger partial charge in [-0.15, -0.1) is 0 Å². The summed E-state index contributed by atoms with van der Waals surface area (Å²) >= 11 is 0. The minimum Gasteiger partial charge on any atom is -0.478 e. The van der Waals surface area contributed by atoms with E-state index in [4.69, 9.17) is 15.5 Å². The van der Waals surface area contributed by atoms with Crippen molar-refractivity contribution in [1.29, 1.82) is 0 Å². The first-order valence-electron chi connectivity index (χ1n) is 10.7. The SMILES string of the molecule is COC(=O)N[C@@H](C)CNc1nccc(-c2nc(C(C)(C)C)[nH]c2-c2nc(OC)c(N)nc2C)n1. The molecule has 0 spiro atoms. The second-order valence-electron chi connectivity index (χ2n) is 8.79. The van der Waals surface area contributed by atoms with Gasteiger partial charge in [0.1, 0.15) is 17.2 Å². The number of nitrogens with two attached hydrogens (primary N) is 1. The molecular formula is C22H31N9O3. The van der Waals surface area contributed by atoms with Gasteiger partial charge in [0.15, 0.2) is 5.82 Å². The number of amides is 1. The molecule has 3 aromatic rings. The van der Waals surface area contributed by atoms with Crippen LogP contribution in [-0.4, -0.2) is 62.8 Å². The second kappa shape index (κ2) is 9.89. The lowest BCUT2D eigenvalue weighted by Gasteiger charge is -2.14. The van der Waals surface area contributed by atoms with Gasteiger partial charge in [-0.25, -0.2) is 29.7 Å². The van der Waals surface area contributed by atoms with Gasteiger partial charge in [0, 0.05) is 24.2 Å². The van der Waals surface area contributed by atoms with Crippen LogP contribution in [0.5, 0.6) is 5.88 Å². The van der Waals surface area contributed by atoms with E-state index < -0.39 is 6.09 Å². The number of nitrogens with zero attached hydrogens (tertiary/aromatic N) is 5. The second-order valence-corrected chi connectivity index (χ2v) is 8.79. The number of nitrogens with one attached hydrogen (secondary N) is 3. The number of imidazole rings is 1. The summed E-state index contributed by atoms with van der Waals surface area (Å²) in [5, 5.41) is 5.81. The molecule has 0 saturated heterocycles. The molecule has 34 heavy (non-hydrogen) atoms. The molecule has 3 heterocycles. The summed E-state index contributed by atoms with van der Waals surface area (Å²) in [7, 11) is 2.81. The quantitative estimate of drug-likeness (QED) is 0.404. The molecule has 12 heteroatoms. The van der Waals surface area contributed by atoms with E-state index in [1.165, 1.54) is 14.2 Å². The van der Waals surface area contributed by atoms with E-state index in [0.717, 1.165) is 5.82 Å². The molecule has 0 aliphatic rings. The largest absolute Gasteiger partial charge is 0.478 e. The Morgan fingerprint density at radius 3 is 2.56 bits per heavy atom. The lowest BCUT2D eigenvalue weighted by molar-refractivity contribution is 0.168. The van der Waals surface area contributed by atoms with Gasteiger partial charge in [0.25, 0.3) is 5.88 Å². The highest BCUT2D eigenvalue weighted by Gasteiger charge is 2.26. The number of carbonyl (C=O) groups is 1. The Morgan fingerprint density at radius 1 is 1.18 bits per heavy atom. The molecule has 182 valence electrons. The summed E-state index contributed by atoms with van der Waals surface area (Å²) in [6.45, 7) is 10.2. The number of aromatic nitrogens is 6. The van der Waals surface area contributed by atoms with Crippen molar-refractivity contribution in [2.75, 3.05) is 31.8 Å². The number of alkyl carbamates (subject to hydrolysis) is 1. The minimum absolute atomic E-state index is 0.201. The van der Waals surface area contributed by atoms with Gasteiger partial charge in [0.05, 0.1) is 31.3 Å². The Morgan fingerprint density at radius 2 is 1.91 bits per heavy atom. The highest BCUT2D eigenvalue weighted by molar-refractivity contribution is 5.77. The summed E-state index contributed by atoms with van der Waals surface area (Å²) in [6, 6.07) is 1.57. The number of aryl methyl sites for hydroxylation is 1. The molecule has 12 nitrogen and oxygen atoms in total. The van der Waals surface area contributed by atoms with Crippen LogP contribution in [0.3, 0.4) is 0 Å². The van der Waals surface area contributed by atoms with Crippen molar-refractivity contribution >= 4 is 17.9 Å². The van der Waals surface area contributed by atoms with E-state index in [1.807, 2.05) is 13.8 Å². The number of H-pyrrole nitrogens is 1. The molecule has 3 rings (SSSR count). The van der Waals surface area contributed by atoms with Gasteiger partial charge in [-0.3, -0.25) is 0 Å². The average molecular weight is 470 g/mol. The van der Waals surface area contributed by atoms with Gasteiger partial charge in [-0.05, 0) is 19.9 Å². The van der Waals surface area contributed by atoms with E-state index in [2.05, 4.69) is 61.1 Å². The predicted molar refractivity (Wildman–Crippen MR) is 129 cm³/mol. The molecule has 0 aromatic carbocycles. The Kier molecular flexibility index (Phi) is 7.18. The van der Waals surface area contributed by atoms with Crippen LogP contribution in [0.4, 0.5) is 16.6 Å². The summed E-state index contributed by atoms with van der Waals surface area (Å²) < 4.78 is 9.90. The fraction of sp³-hybridized carbons (Fsp3) is 0.455. The minimum atomic E-state index is -0.504. The van der Waals surface area contributed by atoms with Crippen LogP contribution in [0.1, 0.15) is 39.2 Å². The number of hydrogen-bond donors (Lipinski definition) is 4.